The van der Waals surface area contributed by atoms with Gasteiger partial charge in [-0.1, -0.05) is 6.42 Å². The van der Waals surface area contributed by atoms with E-state index in [2.05, 4.69) is 23.2 Å². The van der Waals surface area contributed by atoms with E-state index in [0.29, 0.717) is 5.92 Å². The van der Waals surface area contributed by atoms with Crippen LogP contribution in [0.1, 0.15) is 45.4 Å². The molecular formula is C14H25N3. The van der Waals surface area contributed by atoms with E-state index in [1.807, 2.05) is 7.05 Å². The lowest BCUT2D eigenvalue weighted by atomic mass is 9.86. The average Bonchev–Trinajstić information content (AvgIpc) is 2.93. The maximum atomic E-state index is 9.40. The smallest absolute Gasteiger partial charge is 0.109 e. The fourth-order valence-electron chi connectivity index (χ4n) is 3.65. The van der Waals surface area contributed by atoms with E-state index in [9.17, 15) is 5.26 Å². The van der Waals surface area contributed by atoms with Crippen molar-refractivity contribution in [2.75, 3.05) is 20.1 Å². The average molecular weight is 235 g/mol. The fraction of sp³-hybridized carbons (Fsp3) is 0.929. The molecule has 1 aliphatic carbocycles. The van der Waals surface area contributed by atoms with Crippen LogP contribution < -0.4 is 5.32 Å². The summed E-state index contributed by atoms with van der Waals surface area (Å²) in [6, 6.07) is 3.29. The summed E-state index contributed by atoms with van der Waals surface area (Å²) in [6.07, 6.45) is 7.32. The molecule has 2 rings (SSSR count). The first-order valence-electron chi connectivity index (χ1n) is 7.06. The van der Waals surface area contributed by atoms with Crippen LogP contribution >= 0.6 is 0 Å². The van der Waals surface area contributed by atoms with E-state index >= 15 is 0 Å². The monoisotopic (exact) mass is 235 g/mol. The van der Waals surface area contributed by atoms with Gasteiger partial charge in [-0.05, 0) is 65.1 Å². The largest absolute Gasteiger partial charge is 0.302 e. The summed E-state index contributed by atoms with van der Waals surface area (Å²) in [5.41, 5.74) is -0.233. The molecule has 0 aromatic rings. The van der Waals surface area contributed by atoms with Crippen LogP contribution in [0, 0.1) is 17.2 Å². The van der Waals surface area contributed by atoms with Crippen LogP contribution in [0.5, 0.6) is 0 Å². The third-order valence-electron chi connectivity index (χ3n) is 4.92. The Morgan fingerprint density at radius 1 is 1.41 bits per heavy atom. The molecule has 0 aromatic carbocycles. The molecule has 17 heavy (non-hydrogen) atoms. The first-order valence-corrected chi connectivity index (χ1v) is 7.06. The van der Waals surface area contributed by atoms with Crippen molar-refractivity contribution in [1.29, 1.82) is 5.26 Å². The van der Waals surface area contributed by atoms with Crippen molar-refractivity contribution in [3.05, 3.63) is 0 Å². The van der Waals surface area contributed by atoms with E-state index in [-0.39, 0.29) is 5.54 Å². The SMILES string of the molecule is CNC1(C#N)CCCC1CCN1CCCC1C. The van der Waals surface area contributed by atoms with Crippen molar-refractivity contribution in [3.63, 3.8) is 0 Å². The Hall–Kier alpha value is -0.590. The van der Waals surface area contributed by atoms with Crippen LogP contribution in [0.3, 0.4) is 0 Å². The van der Waals surface area contributed by atoms with Crippen molar-refractivity contribution in [1.82, 2.24) is 10.2 Å². The molecule has 0 bridgehead atoms. The molecule has 2 fully saturated rings. The molecular weight excluding hydrogens is 210 g/mol. The van der Waals surface area contributed by atoms with Gasteiger partial charge in [0, 0.05) is 6.04 Å². The summed E-state index contributed by atoms with van der Waals surface area (Å²) in [5.74, 6) is 0.547. The number of likely N-dealkylation sites (tertiary alicyclic amines) is 1. The highest BCUT2D eigenvalue weighted by Gasteiger charge is 2.41. The lowest BCUT2D eigenvalue weighted by molar-refractivity contribution is 0.222. The topological polar surface area (TPSA) is 39.1 Å². The molecule has 0 radical (unpaired) electrons. The van der Waals surface area contributed by atoms with Gasteiger partial charge in [-0.25, -0.2) is 0 Å². The number of nitriles is 1. The molecule has 3 heteroatoms. The Morgan fingerprint density at radius 2 is 2.24 bits per heavy atom. The van der Waals surface area contributed by atoms with Gasteiger partial charge in [-0.2, -0.15) is 5.26 Å². The maximum Gasteiger partial charge on any atom is 0.109 e. The zero-order valence-electron chi connectivity index (χ0n) is 11.2. The van der Waals surface area contributed by atoms with Gasteiger partial charge in [0.15, 0.2) is 0 Å². The Kier molecular flexibility index (Phi) is 4.06. The van der Waals surface area contributed by atoms with Crippen LogP contribution in [0.4, 0.5) is 0 Å². The number of hydrogen-bond donors (Lipinski definition) is 1. The Balaban J connectivity index is 1.88. The van der Waals surface area contributed by atoms with Gasteiger partial charge in [0.2, 0.25) is 0 Å². The second-order valence-corrected chi connectivity index (χ2v) is 5.74. The lowest BCUT2D eigenvalue weighted by Gasteiger charge is -2.30. The van der Waals surface area contributed by atoms with Gasteiger partial charge in [0.05, 0.1) is 6.07 Å². The molecule has 3 unspecified atom stereocenters. The van der Waals surface area contributed by atoms with Gasteiger partial charge < -0.3 is 10.2 Å². The maximum absolute atomic E-state index is 9.40. The predicted octanol–water partition coefficient (Wildman–Crippen LogP) is 2.14. The molecule has 1 heterocycles. The van der Waals surface area contributed by atoms with Gasteiger partial charge in [0.25, 0.3) is 0 Å². The van der Waals surface area contributed by atoms with Crippen molar-refractivity contribution < 1.29 is 0 Å². The first kappa shape index (κ1) is 12.9. The van der Waals surface area contributed by atoms with E-state index in [1.165, 1.54) is 45.2 Å². The van der Waals surface area contributed by atoms with Gasteiger partial charge in [-0.3, -0.25) is 0 Å². The molecule has 2 aliphatic rings. The molecule has 3 nitrogen and oxygen atoms in total. The summed E-state index contributed by atoms with van der Waals surface area (Å²) in [7, 11) is 1.94. The van der Waals surface area contributed by atoms with Crippen LogP contribution in [-0.4, -0.2) is 36.6 Å². The third-order valence-corrected chi connectivity index (χ3v) is 4.92. The third kappa shape index (κ3) is 2.48. The predicted molar refractivity (Wildman–Crippen MR) is 69.6 cm³/mol. The van der Waals surface area contributed by atoms with E-state index in [4.69, 9.17) is 0 Å². The Morgan fingerprint density at radius 3 is 2.82 bits per heavy atom. The second kappa shape index (κ2) is 5.37. The molecule has 0 spiro atoms. The molecule has 1 saturated heterocycles. The highest BCUT2D eigenvalue weighted by Crippen LogP contribution is 2.37. The summed E-state index contributed by atoms with van der Waals surface area (Å²) in [6.45, 7) is 4.77. The zero-order chi connectivity index (χ0) is 12.3. The molecule has 0 amide bonds. The summed E-state index contributed by atoms with van der Waals surface area (Å²) >= 11 is 0. The molecule has 1 saturated carbocycles. The first-order chi connectivity index (χ1) is 8.22. The zero-order valence-corrected chi connectivity index (χ0v) is 11.2. The number of nitrogens with zero attached hydrogens (tertiary/aromatic N) is 2. The standard InChI is InChI=1S/C14H25N3/c1-12-5-4-9-17(12)10-7-13-6-3-8-14(13,11-15)16-2/h12-13,16H,3-10H2,1-2H3. The Bertz CT molecular complexity index is 296. The van der Waals surface area contributed by atoms with E-state index in [1.54, 1.807) is 0 Å². The molecule has 0 aromatic heterocycles. The highest BCUT2D eigenvalue weighted by atomic mass is 15.2. The molecule has 3 atom stereocenters. The quantitative estimate of drug-likeness (QED) is 0.811. The van der Waals surface area contributed by atoms with Gasteiger partial charge >= 0.3 is 0 Å². The van der Waals surface area contributed by atoms with Crippen LogP contribution in [0.15, 0.2) is 0 Å². The normalized spacial score (nSPS) is 38.4. The van der Waals surface area contributed by atoms with Crippen molar-refractivity contribution in [2.24, 2.45) is 5.92 Å². The number of rotatable bonds is 4. The molecule has 96 valence electrons. The summed E-state index contributed by atoms with van der Waals surface area (Å²) in [4.78, 5) is 2.59. The van der Waals surface area contributed by atoms with Crippen molar-refractivity contribution in [3.8, 4) is 6.07 Å². The van der Waals surface area contributed by atoms with E-state index in [0.717, 1.165) is 12.5 Å². The minimum absolute atomic E-state index is 0.233. The fourth-order valence-corrected chi connectivity index (χ4v) is 3.65. The van der Waals surface area contributed by atoms with Crippen LogP contribution in [-0.2, 0) is 0 Å². The summed E-state index contributed by atoms with van der Waals surface area (Å²) < 4.78 is 0. The van der Waals surface area contributed by atoms with Crippen LogP contribution in [0.25, 0.3) is 0 Å². The van der Waals surface area contributed by atoms with Crippen LogP contribution in [0.2, 0.25) is 0 Å². The minimum atomic E-state index is -0.233. The number of nitrogens with one attached hydrogen (secondary N) is 1. The van der Waals surface area contributed by atoms with E-state index < -0.39 is 0 Å². The second-order valence-electron chi connectivity index (χ2n) is 5.74. The van der Waals surface area contributed by atoms with Crippen molar-refractivity contribution >= 4 is 0 Å². The Labute approximate surface area is 105 Å². The minimum Gasteiger partial charge on any atom is -0.302 e. The highest BCUT2D eigenvalue weighted by molar-refractivity contribution is 5.13. The number of hydrogen-bond acceptors (Lipinski definition) is 3. The lowest BCUT2D eigenvalue weighted by Crippen LogP contribution is -2.46. The van der Waals surface area contributed by atoms with Crippen molar-refractivity contribution in [2.45, 2.75) is 57.0 Å². The molecule has 1 N–H and O–H groups in total. The molecule has 1 aliphatic heterocycles. The van der Waals surface area contributed by atoms with Gasteiger partial charge in [0.1, 0.15) is 5.54 Å². The summed E-state index contributed by atoms with van der Waals surface area (Å²) in [5, 5.41) is 12.7. The van der Waals surface area contributed by atoms with Gasteiger partial charge in [-0.15, -0.1) is 0 Å².